The summed E-state index contributed by atoms with van der Waals surface area (Å²) in [5.41, 5.74) is 4.48. The molecule has 0 saturated heterocycles. The van der Waals surface area contributed by atoms with Gasteiger partial charge in [-0.1, -0.05) is 60.5 Å². The van der Waals surface area contributed by atoms with Crippen LogP contribution in [-0.2, 0) is 20.9 Å². The molecule has 0 spiro atoms. The third-order valence-corrected chi connectivity index (χ3v) is 5.38. The molecular weight excluding hydrogens is 648 g/mol. The normalized spacial score (nSPS) is 9.80. The Morgan fingerprint density at radius 2 is 1.51 bits per heavy atom. The Morgan fingerprint density at radius 1 is 0.927 bits per heavy atom. The Bertz CT molecular complexity index is 1440. The molecule has 18 heteroatoms. The smallest absolute Gasteiger partial charge is 0.407 e. The number of aromatic nitrogens is 4. The van der Waals surface area contributed by atoms with Gasteiger partial charge in [0.05, 0.1) is 0 Å². The van der Waals surface area contributed by atoms with Crippen molar-refractivity contribution in [1.82, 2.24) is 25.3 Å². The highest BCUT2D eigenvalue weighted by molar-refractivity contribution is 6.63. The summed E-state index contributed by atoms with van der Waals surface area (Å²) in [4.78, 5) is 66.9. The molecule has 3 aromatic rings. The number of nitrogens with one attached hydrogen (secondary N) is 4. The van der Waals surface area contributed by atoms with E-state index in [1.807, 2.05) is 37.3 Å². The van der Waals surface area contributed by atoms with Crippen LogP contribution in [0.2, 0.25) is 20.9 Å². The van der Waals surface area contributed by atoms with E-state index in [1.54, 1.807) is 0 Å². The van der Waals surface area contributed by atoms with Crippen LogP contribution in [0.1, 0.15) is 31.7 Å². The minimum absolute atomic E-state index is 0.0238. The second kappa shape index (κ2) is 18.9. The number of ether oxygens (including phenoxy) is 1. The van der Waals surface area contributed by atoms with Crippen LogP contribution >= 0.6 is 58.0 Å². The molecule has 0 fully saturated rings. The van der Waals surface area contributed by atoms with Crippen LogP contribution in [0.4, 0.5) is 16.2 Å². The van der Waals surface area contributed by atoms with Crippen LogP contribution < -0.4 is 27.5 Å². The number of hydrogen-bond donors (Lipinski definition) is 5. The fourth-order valence-electron chi connectivity index (χ4n) is 2.41. The summed E-state index contributed by atoms with van der Waals surface area (Å²) in [6.07, 6.45) is 0.614. The number of rotatable bonds is 8. The molecule has 0 radical (unpaired) electrons. The van der Waals surface area contributed by atoms with Crippen molar-refractivity contribution in [2.75, 3.05) is 17.6 Å². The van der Waals surface area contributed by atoms with Crippen LogP contribution in [-0.4, -0.2) is 43.7 Å². The van der Waals surface area contributed by atoms with Crippen molar-refractivity contribution in [3.8, 4) is 0 Å². The highest BCUT2D eigenvalue weighted by Crippen LogP contribution is 2.15. The lowest BCUT2D eigenvalue weighted by Gasteiger charge is -2.08. The molecule has 2 aromatic heterocycles. The lowest BCUT2D eigenvalue weighted by Crippen LogP contribution is -2.29. The number of aromatic amines is 2. The average Bonchev–Trinajstić information content (AvgIpc) is 2.89. The van der Waals surface area contributed by atoms with E-state index in [2.05, 4.69) is 30.6 Å². The minimum Gasteiger partial charge on any atom is -0.445 e. The van der Waals surface area contributed by atoms with E-state index < -0.39 is 23.1 Å². The van der Waals surface area contributed by atoms with E-state index in [0.29, 0.717) is 6.42 Å². The number of H-pyrrole nitrogens is 2. The molecule has 222 valence electrons. The highest BCUT2D eigenvalue weighted by atomic mass is 35.5. The maximum Gasteiger partial charge on any atom is 0.407 e. The van der Waals surface area contributed by atoms with Crippen LogP contribution in [0.25, 0.3) is 0 Å². The zero-order chi connectivity index (χ0) is 30.9. The fraction of sp³-hybridized carbons (Fsp3) is 0.261. The van der Waals surface area contributed by atoms with Gasteiger partial charge >= 0.3 is 6.09 Å². The number of benzene rings is 1. The van der Waals surface area contributed by atoms with Gasteiger partial charge in [-0.15, -0.1) is 0 Å². The topological polar surface area (TPSA) is 202 Å². The van der Waals surface area contributed by atoms with Crippen molar-refractivity contribution in [3.63, 3.8) is 0 Å². The zero-order valence-electron chi connectivity index (χ0n) is 21.2. The van der Waals surface area contributed by atoms with Crippen molar-refractivity contribution in [1.29, 1.82) is 0 Å². The van der Waals surface area contributed by atoms with Gasteiger partial charge in [-0.2, -0.15) is 0 Å². The van der Waals surface area contributed by atoms with Crippen molar-refractivity contribution in [2.24, 2.45) is 0 Å². The predicted octanol–water partition coefficient (Wildman–Crippen LogP) is 4.54. The summed E-state index contributed by atoms with van der Waals surface area (Å²) >= 11 is 26.9. The molecule has 0 bridgehead atoms. The molecule has 2 heterocycles. The van der Waals surface area contributed by atoms with E-state index in [-0.39, 0.29) is 57.1 Å². The van der Waals surface area contributed by atoms with Crippen LogP contribution in [0.3, 0.4) is 0 Å². The van der Waals surface area contributed by atoms with Gasteiger partial charge < -0.3 is 21.1 Å². The first kappa shape index (κ1) is 35.7. The quantitative estimate of drug-likeness (QED) is 0.129. The molecule has 3 rings (SSSR count). The summed E-state index contributed by atoms with van der Waals surface area (Å²) in [5.74, 6) is -0.528. The number of nitrogen functional groups attached to an aromatic ring is 1. The fourth-order valence-corrected chi connectivity index (χ4v) is 3.41. The van der Waals surface area contributed by atoms with Gasteiger partial charge in [-0.3, -0.25) is 29.1 Å². The summed E-state index contributed by atoms with van der Waals surface area (Å²) in [5, 5.41) is 3.95. The summed E-state index contributed by atoms with van der Waals surface area (Å²) in [6.45, 7) is 2.07. The van der Waals surface area contributed by atoms with Gasteiger partial charge in [0.15, 0.2) is 10.3 Å². The Kier molecular flexibility index (Phi) is 16.4. The first-order valence-electron chi connectivity index (χ1n) is 11.4. The lowest BCUT2D eigenvalue weighted by molar-refractivity contribution is -0.116. The number of halogens is 5. The molecule has 41 heavy (non-hydrogen) atoms. The summed E-state index contributed by atoms with van der Waals surface area (Å²) in [6, 6.07) is 9.17. The Labute approximate surface area is 258 Å². The maximum atomic E-state index is 11.8. The van der Waals surface area contributed by atoms with Crippen LogP contribution in [0.15, 0.2) is 39.9 Å². The van der Waals surface area contributed by atoms with Crippen LogP contribution in [0.5, 0.6) is 0 Å². The first-order chi connectivity index (χ1) is 19.3. The van der Waals surface area contributed by atoms with Gasteiger partial charge in [0.1, 0.15) is 18.0 Å². The van der Waals surface area contributed by atoms with Gasteiger partial charge in [-0.05, 0) is 46.8 Å². The Hall–Kier alpha value is -3.36. The number of nitrogens with two attached hydrogens (primary N) is 1. The molecule has 1 aromatic carbocycles. The number of alkyl carbamates (subject to hydrolysis) is 1. The molecule has 0 atom stereocenters. The molecule has 13 nitrogen and oxygen atoms in total. The largest absolute Gasteiger partial charge is 0.445 e. The molecule has 6 N–H and O–H groups in total. The van der Waals surface area contributed by atoms with E-state index >= 15 is 0 Å². The van der Waals surface area contributed by atoms with Crippen molar-refractivity contribution >= 4 is 86.6 Å². The third-order valence-electron chi connectivity index (χ3n) is 4.27. The number of anilines is 2. The van der Waals surface area contributed by atoms with Crippen molar-refractivity contribution < 1.29 is 19.1 Å². The Morgan fingerprint density at radius 3 is 2.02 bits per heavy atom. The van der Waals surface area contributed by atoms with E-state index in [0.717, 1.165) is 12.0 Å². The molecule has 0 aliphatic rings. The van der Waals surface area contributed by atoms with Gasteiger partial charge in [0.25, 0.3) is 11.1 Å². The third kappa shape index (κ3) is 14.7. The second-order valence-electron chi connectivity index (χ2n) is 7.48. The van der Waals surface area contributed by atoms with Gasteiger partial charge in [-0.25, -0.2) is 14.8 Å². The molecule has 0 aliphatic carbocycles. The number of nitrogens with zero attached hydrogens (tertiary/aromatic N) is 2. The maximum absolute atomic E-state index is 11.8. The second-order valence-corrected chi connectivity index (χ2v) is 9.33. The molecule has 0 saturated carbocycles. The lowest BCUT2D eigenvalue weighted by atomic mass is 10.2. The monoisotopic (exact) mass is 669 g/mol. The molecule has 0 unspecified atom stereocenters. The minimum atomic E-state index is -0.673. The Balaban J connectivity index is 0.000000429. The summed E-state index contributed by atoms with van der Waals surface area (Å²) in [7, 11) is 0. The molecular formula is C23H24Cl5N7O6. The zero-order valence-corrected chi connectivity index (χ0v) is 25.0. The predicted molar refractivity (Wildman–Crippen MR) is 158 cm³/mol. The molecule has 2 amide bonds. The number of hydrogen-bond acceptors (Lipinski definition) is 9. The summed E-state index contributed by atoms with van der Waals surface area (Å²) < 4.78 is 5.00. The van der Waals surface area contributed by atoms with E-state index in [4.69, 9.17) is 68.5 Å². The first-order valence-corrected chi connectivity index (χ1v) is 13.3. The SMILES string of the molecule is CCCC(=O)Cl.Nc1c(Cl)nc(Cl)[nH]c1=O.O=C(CCNC(=O)OCc1ccccc1)Nc1c(Cl)nc(Cl)[nH]c1=O. The van der Waals surface area contributed by atoms with E-state index in [9.17, 15) is 24.0 Å². The molecule has 0 aliphatic heterocycles. The van der Waals surface area contributed by atoms with Gasteiger partial charge in [0, 0.05) is 19.4 Å². The van der Waals surface area contributed by atoms with E-state index in [1.165, 1.54) is 0 Å². The number of carbonyl (C=O) groups is 3. The van der Waals surface area contributed by atoms with Crippen molar-refractivity contribution in [3.05, 3.63) is 77.5 Å². The number of amides is 2. The standard InChI is InChI=1S/C15H14Cl2N4O4.C4H3Cl2N3O.C4H7ClO/c16-12-11(13(23)21-14(17)20-12)19-10(22)6-7-18-15(24)25-8-9-4-2-1-3-5-9;5-2-1(7)3(10)9-4(6)8-2;1-2-3-4(5)6/h1-5H,6-8H2,(H,18,24)(H,19,22)(H,20,21,23);7H2,(H,8,9,10);2-3H2,1H3. The van der Waals surface area contributed by atoms with Crippen LogP contribution in [0, 0.1) is 0 Å². The van der Waals surface area contributed by atoms with Gasteiger partial charge in [0.2, 0.25) is 21.7 Å². The van der Waals surface area contributed by atoms with Crippen molar-refractivity contribution in [2.45, 2.75) is 32.8 Å². The number of carbonyl (C=O) groups excluding carboxylic acids is 3. The highest BCUT2D eigenvalue weighted by Gasteiger charge is 2.13. The average molecular weight is 672 g/mol.